The Bertz CT molecular complexity index is 569. The average Bonchev–Trinajstić information content (AvgIpc) is 2.87. The van der Waals surface area contributed by atoms with E-state index >= 15 is 0 Å². The Hall–Kier alpha value is -2.08. The number of anilines is 1. The summed E-state index contributed by atoms with van der Waals surface area (Å²) in [6.45, 7) is 3.08. The Morgan fingerprint density at radius 3 is 3.11 bits per heavy atom. The predicted octanol–water partition coefficient (Wildman–Crippen LogP) is 2.25. The van der Waals surface area contributed by atoms with Crippen LogP contribution in [0.25, 0.3) is 0 Å². The van der Waals surface area contributed by atoms with Gasteiger partial charge in [0.05, 0.1) is 17.9 Å². The van der Waals surface area contributed by atoms with Crippen molar-refractivity contribution in [3.8, 4) is 5.88 Å². The lowest BCUT2D eigenvalue weighted by Gasteiger charge is -2.09. The minimum absolute atomic E-state index is 0.404. The molecule has 5 nitrogen and oxygen atoms in total. The number of pyridine rings is 1. The van der Waals surface area contributed by atoms with E-state index in [2.05, 4.69) is 10.3 Å². The first-order valence-corrected chi connectivity index (χ1v) is 6.77. The van der Waals surface area contributed by atoms with Gasteiger partial charge in [0.15, 0.2) is 0 Å². The minimum atomic E-state index is -0.404. The molecule has 0 saturated carbocycles. The van der Waals surface area contributed by atoms with E-state index in [4.69, 9.17) is 10.5 Å². The third kappa shape index (κ3) is 3.45. The van der Waals surface area contributed by atoms with Gasteiger partial charge in [-0.2, -0.15) is 0 Å². The van der Waals surface area contributed by atoms with Crippen molar-refractivity contribution in [3.63, 3.8) is 0 Å². The molecule has 0 saturated heterocycles. The Morgan fingerprint density at radius 1 is 1.58 bits per heavy atom. The predicted molar refractivity (Wildman–Crippen MR) is 75.6 cm³/mol. The highest BCUT2D eigenvalue weighted by molar-refractivity contribution is 7.10. The second kappa shape index (κ2) is 6.19. The molecule has 0 radical (unpaired) electrons. The summed E-state index contributed by atoms with van der Waals surface area (Å²) >= 11 is 1.49. The van der Waals surface area contributed by atoms with Crippen LogP contribution >= 0.6 is 11.3 Å². The number of aromatic nitrogens is 1. The fourth-order valence-electron chi connectivity index (χ4n) is 1.56. The second-order valence-electron chi connectivity index (χ2n) is 3.81. The monoisotopic (exact) mass is 277 g/mol. The average molecular weight is 277 g/mol. The summed E-state index contributed by atoms with van der Waals surface area (Å²) in [5.41, 5.74) is 6.59. The molecule has 0 unspecified atom stereocenters. The summed E-state index contributed by atoms with van der Waals surface area (Å²) in [4.78, 5) is 16.2. The summed E-state index contributed by atoms with van der Waals surface area (Å²) in [5.74, 6) is 0.176. The van der Waals surface area contributed by atoms with Crippen LogP contribution in [0, 0.1) is 0 Å². The number of amides is 1. The molecule has 0 aliphatic heterocycles. The highest BCUT2D eigenvalue weighted by atomic mass is 32.1. The van der Waals surface area contributed by atoms with E-state index in [0.717, 1.165) is 10.6 Å². The third-order valence-electron chi connectivity index (χ3n) is 2.44. The maximum Gasteiger partial charge on any atom is 0.249 e. The lowest BCUT2D eigenvalue weighted by molar-refractivity contribution is 0.100. The SMILES string of the molecule is CCOc1ncccc1NCc1cc(C(N)=O)cs1. The fraction of sp³-hybridized carbons (Fsp3) is 0.231. The van der Waals surface area contributed by atoms with Gasteiger partial charge in [-0.3, -0.25) is 4.79 Å². The molecule has 1 amide bonds. The molecule has 0 fully saturated rings. The van der Waals surface area contributed by atoms with Crippen molar-refractivity contribution >= 4 is 22.9 Å². The maximum absolute atomic E-state index is 11.0. The van der Waals surface area contributed by atoms with Gasteiger partial charge in [0.25, 0.3) is 0 Å². The van der Waals surface area contributed by atoms with Gasteiger partial charge in [0, 0.05) is 23.0 Å². The lowest BCUT2D eigenvalue weighted by atomic mass is 10.3. The minimum Gasteiger partial charge on any atom is -0.476 e. The molecule has 2 aromatic rings. The molecule has 0 bridgehead atoms. The molecule has 0 spiro atoms. The van der Waals surface area contributed by atoms with Gasteiger partial charge in [0.2, 0.25) is 11.8 Å². The molecule has 19 heavy (non-hydrogen) atoms. The molecule has 0 aromatic carbocycles. The molecular formula is C13H15N3O2S. The van der Waals surface area contributed by atoms with Crippen molar-refractivity contribution in [2.24, 2.45) is 5.73 Å². The van der Waals surface area contributed by atoms with Gasteiger partial charge >= 0.3 is 0 Å². The van der Waals surface area contributed by atoms with Crippen LogP contribution in [0.15, 0.2) is 29.8 Å². The largest absolute Gasteiger partial charge is 0.476 e. The van der Waals surface area contributed by atoms with Crippen molar-refractivity contribution in [1.29, 1.82) is 0 Å². The summed E-state index contributed by atoms with van der Waals surface area (Å²) in [6, 6.07) is 5.53. The number of nitrogens with zero attached hydrogens (tertiary/aromatic N) is 1. The van der Waals surface area contributed by atoms with Crippen LogP contribution in [-0.4, -0.2) is 17.5 Å². The number of nitrogens with one attached hydrogen (secondary N) is 1. The van der Waals surface area contributed by atoms with Crippen LogP contribution < -0.4 is 15.8 Å². The highest BCUT2D eigenvalue weighted by Gasteiger charge is 2.07. The number of hydrogen-bond donors (Lipinski definition) is 2. The number of nitrogens with two attached hydrogens (primary N) is 1. The molecule has 2 heterocycles. The van der Waals surface area contributed by atoms with E-state index in [9.17, 15) is 4.79 Å². The van der Waals surface area contributed by atoms with E-state index in [0.29, 0.717) is 24.6 Å². The molecule has 2 rings (SSSR count). The van der Waals surface area contributed by atoms with E-state index < -0.39 is 5.91 Å². The van der Waals surface area contributed by atoms with Crippen molar-refractivity contribution in [1.82, 2.24) is 4.98 Å². The third-order valence-corrected chi connectivity index (χ3v) is 3.38. The van der Waals surface area contributed by atoms with Crippen LogP contribution in [0.4, 0.5) is 5.69 Å². The first kappa shape index (κ1) is 13.4. The van der Waals surface area contributed by atoms with Crippen LogP contribution in [0.5, 0.6) is 5.88 Å². The van der Waals surface area contributed by atoms with Crippen molar-refractivity contribution in [3.05, 3.63) is 40.2 Å². The molecule has 0 atom stereocenters. The summed E-state index contributed by atoms with van der Waals surface area (Å²) < 4.78 is 5.42. The summed E-state index contributed by atoms with van der Waals surface area (Å²) in [7, 11) is 0. The number of primary amides is 1. The van der Waals surface area contributed by atoms with Crippen molar-refractivity contribution in [2.45, 2.75) is 13.5 Å². The maximum atomic E-state index is 11.0. The zero-order chi connectivity index (χ0) is 13.7. The quantitative estimate of drug-likeness (QED) is 0.849. The van der Waals surface area contributed by atoms with Gasteiger partial charge in [-0.1, -0.05) is 0 Å². The summed E-state index contributed by atoms with van der Waals surface area (Å²) in [6.07, 6.45) is 1.69. The van der Waals surface area contributed by atoms with Gasteiger partial charge in [-0.15, -0.1) is 11.3 Å². The number of rotatable bonds is 6. The lowest BCUT2D eigenvalue weighted by Crippen LogP contribution is -2.09. The van der Waals surface area contributed by atoms with Gasteiger partial charge in [-0.25, -0.2) is 4.98 Å². The van der Waals surface area contributed by atoms with E-state index in [1.165, 1.54) is 11.3 Å². The number of carbonyl (C=O) groups is 1. The van der Waals surface area contributed by atoms with E-state index in [1.54, 1.807) is 17.6 Å². The van der Waals surface area contributed by atoms with Gasteiger partial charge in [-0.05, 0) is 25.1 Å². The molecular weight excluding hydrogens is 262 g/mol. The smallest absolute Gasteiger partial charge is 0.249 e. The molecule has 0 aliphatic rings. The highest BCUT2D eigenvalue weighted by Crippen LogP contribution is 2.22. The Morgan fingerprint density at radius 2 is 2.42 bits per heavy atom. The number of carbonyl (C=O) groups excluding carboxylic acids is 1. The van der Waals surface area contributed by atoms with Crippen molar-refractivity contribution in [2.75, 3.05) is 11.9 Å². The topological polar surface area (TPSA) is 77.2 Å². The molecule has 2 aromatic heterocycles. The molecule has 3 N–H and O–H groups in total. The van der Waals surface area contributed by atoms with Crippen LogP contribution in [0.2, 0.25) is 0 Å². The number of hydrogen-bond acceptors (Lipinski definition) is 5. The second-order valence-corrected chi connectivity index (χ2v) is 4.80. The van der Waals surface area contributed by atoms with Crippen LogP contribution in [-0.2, 0) is 6.54 Å². The molecule has 100 valence electrons. The van der Waals surface area contributed by atoms with Gasteiger partial charge < -0.3 is 15.8 Å². The van der Waals surface area contributed by atoms with E-state index in [-0.39, 0.29) is 0 Å². The van der Waals surface area contributed by atoms with Crippen LogP contribution in [0.1, 0.15) is 22.2 Å². The Balaban J connectivity index is 2.03. The van der Waals surface area contributed by atoms with Gasteiger partial charge in [0.1, 0.15) is 0 Å². The Kier molecular flexibility index (Phi) is 4.35. The first-order chi connectivity index (χ1) is 9.20. The first-order valence-electron chi connectivity index (χ1n) is 5.89. The Labute approximate surface area is 115 Å². The zero-order valence-electron chi connectivity index (χ0n) is 10.6. The number of thiophene rings is 1. The van der Waals surface area contributed by atoms with Crippen molar-refractivity contribution < 1.29 is 9.53 Å². The van der Waals surface area contributed by atoms with E-state index in [1.807, 2.05) is 19.1 Å². The molecule has 6 heteroatoms. The summed E-state index contributed by atoms with van der Waals surface area (Å²) in [5, 5.41) is 4.99. The fourth-order valence-corrected chi connectivity index (χ4v) is 2.38. The molecule has 0 aliphatic carbocycles. The zero-order valence-corrected chi connectivity index (χ0v) is 11.4. The van der Waals surface area contributed by atoms with Crippen LogP contribution in [0.3, 0.4) is 0 Å². The standard InChI is InChI=1S/C13H15N3O2S/c1-2-18-13-11(4-3-5-15-13)16-7-10-6-9(8-19-10)12(14)17/h3-6,8,16H,2,7H2,1H3,(H2,14,17). The number of ether oxygens (including phenoxy) is 1. The normalized spacial score (nSPS) is 10.2.